The maximum atomic E-state index is 14.7. The molecule has 2 heterocycles. The van der Waals surface area contributed by atoms with Crippen LogP contribution in [0.1, 0.15) is 11.5 Å². The zero-order valence-corrected chi connectivity index (χ0v) is 14.1. The first kappa shape index (κ1) is 16.2. The van der Waals surface area contributed by atoms with Crippen molar-refractivity contribution >= 4 is 38.6 Å². The van der Waals surface area contributed by atoms with Gasteiger partial charge in [0.15, 0.2) is 0 Å². The summed E-state index contributed by atoms with van der Waals surface area (Å²) in [5, 5.41) is 1.12. The van der Waals surface area contributed by atoms with Gasteiger partial charge in [0, 0.05) is 9.86 Å². The molecule has 23 heavy (non-hydrogen) atoms. The van der Waals surface area contributed by atoms with Gasteiger partial charge in [-0.2, -0.15) is 8.78 Å². The van der Waals surface area contributed by atoms with Crippen molar-refractivity contribution in [2.24, 2.45) is 0 Å². The summed E-state index contributed by atoms with van der Waals surface area (Å²) in [5.41, 5.74) is -0.207. The SMILES string of the molecule is CSc1nc(C(F)(F)c2ccc(F)cn2)nc2c(Br)cccc12. The summed E-state index contributed by atoms with van der Waals surface area (Å²) in [6.45, 7) is 0. The molecule has 0 aliphatic carbocycles. The van der Waals surface area contributed by atoms with Crippen LogP contribution in [0.2, 0.25) is 0 Å². The van der Waals surface area contributed by atoms with E-state index in [0.717, 1.165) is 18.3 Å². The van der Waals surface area contributed by atoms with E-state index < -0.39 is 23.3 Å². The second-order valence-corrected chi connectivity index (χ2v) is 6.28. The lowest BCUT2D eigenvalue weighted by atomic mass is 10.2. The Hall–Kier alpha value is -1.67. The quantitative estimate of drug-likeness (QED) is 0.468. The number of hydrogen-bond acceptors (Lipinski definition) is 4. The minimum atomic E-state index is -3.53. The molecule has 0 radical (unpaired) electrons. The van der Waals surface area contributed by atoms with Crippen molar-refractivity contribution in [2.75, 3.05) is 6.26 Å². The lowest BCUT2D eigenvalue weighted by molar-refractivity contribution is 0.0277. The van der Waals surface area contributed by atoms with Gasteiger partial charge in [-0.25, -0.2) is 14.4 Å². The van der Waals surface area contributed by atoms with Gasteiger partial charge in [-0.3, -0.25) is 4.98 Å². The number of nitrogens with zero attached hydrogens (tertiary/aromatic N) is 3. The van der Waals surface area contributed by atoms with Gasteiger partial charge in [-0.15, -0.1) is 11.8 Å². The molecule has 0 spiro atoms. The van der Waals surface area contributed by atoms with Crippen LogP contribution < -0.4 is 0 Å². The average molecular weight is 400 g/mol. The molecule has 0 unspecified atom stereocenters. The van der Waals surface area contributed by atoms with Gasteiger partial charge in [-0.05, 0) is 40.4 Å². The standard InChI is InChI=1S/C15H9BrF3N3S/c1-23-13-9-3-2-4-10(16)12(9)21-14(22-13)15(18,19)11-6-5-8(17)7-20-11/h2-7H,1H3. The van der Waals surface area contributed by atoms with Crippen LogP contribution in [0.15, 0.2) is 46.0 Å². The molecular formula is C15H9BrF3N3S. The normalized spacial score (nSPS) is 11.9. The lowest BCUT2D eigenvalue weighted by Crippen LogP contribution is -2.21. The lowest BCUT2D eigenvalue weighted by Gasteiger charge is -2.16. The first-order valence-corrected chi connectivity index (χ1v) is 8.46. The summed E-state index contributed by atoms with van der Waals surface area (Å²) < 4.78 is 42.8. The molecule has 0 amide bonds. The van der Waals surface area contributed by atoms with Gasteiger partial charge < -0.3 is 0 Å². The van der Waals surface area contributed by atoms with Crippen molar-refractivity contribution in [3.8, 4) is 0 Å². The molecule has 0 saturated carbocycles. The van der Waals surface area contributed by atoms with Crippen molar-refractivity contribution in [1.29, 1.82) is 0 Å². The Morgan fingerprint density at radius 1 is 1.13 bits per heavy atom. The number of para-hydroxylation sites is 1. The first-order valence-electron chi connectivity index (χ1n) is 6.44. The van der Waals surface area contributed by atoms with E-state index in [1.165, 1.54) is 11.8 Å². The maximum absolute atomic E-state index is 14.7. The van der Waals surface area contributed by atoms with E-state index in [9.17, 15) is 13.2 Å². The highest BCUT2D eigenvalue weighted by molar-refractivity contribution is 9.10. The molecule has 0 aliphatic rings. The predicted molar refractivity (Wildman–Crippen MR) is 86.2 cm³/mol. The fourth-order valence-electron chi connectivity index (χ4n) is 2.06. The Bertz CT molecular complexity index is 872. The van der Waals surface area contributed by atoms with Crippen molar-refractivity contribution in [3.05, 3.63) is 58.3 Å². The minimum Gasteiger partial charge on any atom is -0.251 e. The molecule has 1 aromatic carbocycles. The highest BCUT2D eigenvalue weighted by atomic mass is 79.9. The Kier molecular flexibility index (Phi) is 4.29. The third-order valence-electron chi connectivity index (χ3n) is 3.17. The predicted octanol–water partition coefficient (Wildman–Crippen LogP) is 4.79. The average Bonchev–Trinajstić information content (AvgIpc) is 2.54. The van der Waals surface area contributed by atoms with E-state index in [1.54, 1.807) is 24.5 Å². The highest BCUT2D eigenvalue weighted by Crippen LogP contribution is 2.36. The molecule has 3 rings (SSSR count). The molecule has 118 valence electrons. The smallest absolute Gasteiger partial charge is 0.251 e. The molecule has 8 heteroatoms. The fraction of sp³-hybridized carbons (Fsp3) is 0.133. The number of alkyl halides is 2. The van der Waals surface area contributed by atoms with E-state index in [0.29, 0.717) is 20.4 Å². The first-order chi connectivity index (χ1) is 10.9. The fourth-order valence-corrected chi connectivity index (χ4v) is 3.08. The van der Waals surface area contributed by atoms with Gasteiger partial charge in [-0.1, -0.05) is 12.1 Å². The number of pyridine rings is 1. The van der Waals surface area contributed by atoms with Crippen LogP contribution in [0, 0.1) is 5.82 Å². The van der Waals surface area contributed by atoms with Crippen LogP contribution >= 0.6 is 27.7 Å². The van der Waals surface area contributed by atoms with E-state index in [2.05, 4.69) is 30.9 Å². The monoisotopic (exact) mass is 399 g/mol. The Balaban J connectivity index is 2.22. The van der Waals surface area contributed by atoms with Crippen LogP contribution in [-0.2, 0) is 5.92 Å². The van der Waals surface area contributed by atoms with Crippen molar-refractivity contribution in [2.45, 2.75) is 10.9 Å². The van der Waals surface area contributed by atoms with Gasteiger partial charge >= 0.3 is 5.92 Å². The topological polar surface area (TPSA) is 38.7 Å². The highest BCUT2D eigenvalue weighted by Gasteiger charge is 2.40. The Morgan fingerprint density at radius 3 is 2.57 bits per heavy atom. The summed E-state index contributed by atoms with van der Waals surface area (Å²) in [6, 6.07) is 7.14. The largest absolute Gasteiger partial charge is 0.348 e. The number of fused-ring (bicyclic) bond motifs is 1. The van der Waals surface area contributed by atoms with Crippen molar-refractivity contribution in [1.82, 2.24) is 15.0 Å². The molecule has 0 fully saturated rings. The van der Waals surface area contributed by atoms with Crippen LogP contribution in [0.25, 0.3) is 10.9 Å². The summed E-state index contributed by atoms with van der Waals surface area (Å²) in [5.74, 6) is -4.88. The van der Waals surface area contributed by atoms with Crippen LogP contribution in [0.3, 0.4) is 0 Å². The molecule has 0 saturated heterocycles. The number of halogens is 4. The van der Waals surface area contributed by atoms with Crippen molar-refractivity contribution < 1.29 is 13.2 Å². The number of thioether (sulfide) groups is 1. The Labute approximate surface area is 142 Å². The third kappa shape index (κ3) is 2.92. The van der Waals surface area contributed by atoms with E-state index in [-0.39, 0.29) is 0 Å². The minimum absolute atomic E-state index is 0.392. The van der Waals surface area contributed by atoms with E-state index >= 15 is 0 Å². The summed E-state index contributed by atoms with van der Waals surface area (Å²) in [7, 11) is 0. The molecule has 0 N–H and O–H groups in total. The second kappa shape index (κ2) is 6.09. The molecule has 0 aliphatic heterocycles. The zero-order valence-electron chi connectivity index (χ0n) is 11.7. The molecule has 0 atom stereocenters. The zero-order chi connectivity index (χ0) is 16.6. The molecule has 0 bridgehead atoms. The number of rotatable bonds is 3. The number of hydrogen-bond donors (Lipinski definition) is 0. The van der Waals surface area contributed by atoms with Gasteiger partial charge in [0.25, 0.3) is 0 Å². The molecule has 2 aromatic heterocycles. The number of benzene rings is 1. The third-order valence-corrected chi connectivity index (χ3v) is 4.50. The Morgan fingerprint density at radius 2 is 1.91 bits per heavy atom. The van der Waals surface area contributed by atoms with Crippen molar-refractivity contribution in [3.63, 3.8) is 0 Å². The summed E-state index contributed by atoms with van der Waals surface area (Å²) in [6.07, 6.45) is 2.50. The van der Waals surface area contributed by atoms with E-state index in [4.69, 9.17) is 0 Å². The molecular weight excluding hydrogens is 391 g/mol. The molecule has 3 aromatic rings. The van der Waals surface area contributed by atoms with Crippen LogP contribution in [-0.4, -0.2) is 21.2 Å². The van der Waals surface area contributed by atoms with Crippen LogP contribution in [0.4, 0.5) is 13.2 Å². The van der Waals surface area contributed by atoms with Gasteiger partial charge in [0.2, 0.25) is 5.82 Å². The maximum Gasteiger partial charge on any atom is 0.348 e. The van der Waals surface area contributed by atoms with Gasteiger partial charge in [0.1, 0.15) is 16.5 Å². The van der Waals surface area contributed by atoms with Gasteiger partial charge in [0.05, 0.1) is 11.7 Å². The number of aromatic nitrogens is 3. The second-order valence-electron chi connectivity index (χ2n) is 4.63. The summed E-state index contributed by atoms with van der Waals surface area (Å²) in [4.78, 5) is 11.4. The van der Waals surface area contributed by atoms with E-state index in [1.807, 2.05) is 0 Å². The van der Waals surface area contributed by atoms with Crippen LogP contribution in [0.5, 0.6) is 0 Å². The summed E-state index contributed by atoms with van der Waals surface area (Å²) >= 11 is 4.57. The molecule has 3 nitrogen and oxygen atoms in total.